The molecule has 0 bridgehead atoms. The van der Waals surface area contributed by atoms with Gasteiger partial charge in [0.25, 0.3) is 0 Å². The summed E-state index contributed by atoms with van der Waals surface area (Å²) in [5, 5.41) is 2.93. The van der Waals surface area contributed by atoms with Gasteiger partial charge in [-0.25, -0.2) is 0 Å². The summed E-state index contributed by atoms with van der Waals surface area (Å²) < 4.78 is 0. The van der Waals surface area contributed by atoms with E-state index in [1.807, 2.05) is 60.4 Å². The van der Waals surface area contributed by atoms with Gasteiger partial charge in [-0.15, -0.1) is 11.8 Å². The second-order valence-corrected chi connectivity index (χ2v) is 7.72. The molecule has 1 unspecified atom stereocenters. The Morgan fingerprint density at radius 1 is 1.16 bits per heavy atom. The highest BCUT2D eigenvalue weighted by atomic mass is 32.2. The van der Waals surface area contributed by atoms with E-state index in [1.165, 1.54) is 5.56 Å². The molecule has 0 spiro atoms. The lowest BCUT2D eigenvalue weighted by Gasteiger charge is -2.25. The zero-order chi connectivity index (χ0) is 17.4. The molecule has 25 heavy (non-hydrogen) atoms. The minimum atomic E-state index is -0.0621. The van der Waals surface area contributed by atoms with E-state index in [4.69, 9.17) is 0 Å². The molecule has 0 radical (unpaired) electrons. The Bertz CT molecular complexity index is 815. The van der Waals surface area contributed by atoms with Crippen LogP contribution >= 0.6 is 11.8 Å². The number of amides is 2. The zero-order valence-electron chi connectivity index (χ0n) is 14.1. The molecule has 2 aliphatic rings. The van der Waals surface area contributed by atoms with Crippen molar-refractivity contribution in [2.24, 2.45) is 5.92 Å². The highest BCUT2D eigenvalue weighted by molar-refractivity contribution is 8.00. The fourth-order valence-corrected chi connectivity index (χ4v) is 4.18. The van der Waals surface area contributed by atoms with E-state index in [1.54, 1.807) is 11.8 Å². The van der Waals surface area contributed by atoms with Gasteiger partial charge in [-0.1, -0.05) is 29.8 Å². The predicted molar refractivity (Wildman–Crippen MR) is 102 cm³/mol. The van der Waals surface area contributed by atoms with Gasteiger partial charge in [0.05, 0.1) is 5.75 Å². The van der Waals surface area contributed by atoms with E-state index in [0.29, 0.717) is 5.75 Å². The molecule has 4 rings (SSSR count). The predicted octanol–water partition coefficient (Wildman–Crippen LogP) is 4.12. The molecular formula is C20H20N2O2S. The quantitative estimate of drug-likeness (QED) is 0.900. The second kappa shape index (κ2) is 6.56. The number of rotatable bonds is 4. The highest BCUT2D eigenvalue weighted by Crippen LogP contribution is 2.42. The van der Waals surface area contributed by atoms with Crippen molar-refractivity contribution < 1.29 is 9.59 Å². The summed E-state index contributed by atoms with van der Waals surface area (Å²) in [6.45, 7) is 2.04. The molecule has 1 heterocycles. The SMILES string of the molecule is Cc1ccc(N2C(=O)CSC2c2cccc(NC(=O)C3CC3)c2)cc1. The second-order valence-electron chi connectivity index (χ2n) is 6.65. The molecule has 2 amide bonds. The fourth-order valence-electron chi connectivity index (χ4n) is 3.02. The number of anilines is 2. The maximum atomic E-state index is 12.4. The maximum Gasteiger partial charge on any atom is 0.238 e. The van der Waals surface area contributed by atoms with Gasteiger partial charge < -0.3 is 5.32 Å². The third-order valence-corrected chi connectivity index (χ3v) is 5.78. The van der Waals surface area contributed by atoms with Crippen molar-refractivity contribution in [3.8, 4) is 0 Å². The largest absolute Gasteiger partial charge is 0.326 e. The molecule has 5 heteroatoms. The van der Waals surface area contributed by atoms with Crippen molar-refractivity contribution in [1.29, 1.82) is 0 Å². The lowest BCUT2D eigenvalue weighted by atomic mass is 10.1. The molecule has 1 saturated carbocycles. The van der Waals surface area contributed by atoms with Gasteiger partial charge in [0.1, 0.15) is 5.37 Å². The van der Waals surface area contributed by atoms with Crippen LogP contribution in [0.4, 0.5) is 11.4 Å². The van der Waals surface area contributed by atoms with Crippen molar-refractivity contribution in [3.63, 3.8) is 0 Å². The molecule has 1 aliphatic heterocycles. The Morgan fingerprint density at radius 3 is 2.64 bits per heavy atom. The van der Waals surface area contributed by atoms with Crippen molar-refractivity contribution in [1.82, 2.24) is 0 Å². The van der Waals surface area contributed by atoms with Crippen LogP contribution in [0.1, 0.15) is 29.3 Å². The molecule has 2 aromatic rings. The van der Waals surface area contributed by atoms with Gasteiger partial charge in [-0.05, 0) is 49.6 Å². The van der Waals surface area contributed by atoms with Crippen molar-refractivity contribution >= 4 is 35.0 Å². The van der Waals surface area contributed by atoms with Gasteiger partial charge in [-0.2, -0.15) is 0 Å². The zero-order valence-corrected chi connectivity index (χ0v) is 14.9. The highest BCUT2D eigenvalue weighted by Gasteiger charge is 2.34. The number of benzene rings is 2. The fraction of sp³-hybridized carbons (Fsp3) is 0.300. The number of nitrogens with zero attached hydrogens (tertiary/aromatic N) is 1. The number of thioether (sulfide) groups is 1. The molecule has 1 aliphatic carbocycles. The van der Waals surface area contributed by atoms with Crippen LogP contribution in [-0.4, -0.2) is 17.6 Å². The molecule has 1 saturated heterocycles. The van der Waals surface area contributed by atoms with E-state index in [-0.39, 0.29) is 23.1 Å². The van der Waals surface area contributed by atoms with E-state index >= 15 is 0 Å². The average Bonchev–Trinajstić information content (AvgIpc) is 3.39. The van der Waals surface area contributed by atoms with E-state index in [9.17, 15) is 9.59 Å². The minimum absolute atomic E-state index is 0.0621. The van der Waals surface area contributed by atoms with Crippen LogP contribution in [0.2, 0.25) is 0 Å². The lowest BCUT2D eigenvalue weighted by Crippen LogP contribution is -2.27. The average molecular weight is 352 g/mol. The standard InChI is InChI=1S/C20H20N2O2S/c1-13-5-9-17(10-6-13)22-18(23)12-25-20(22)15-3-2-4-16(11-15)21-19(24)14-7-8-14/h2-6,9-11,14,20H,7-8,12H2,1H3,(H,21,24). The molecule has 128 valence electrons. The Hall–Kier alpha value is -2.27. The number of aryl methyl sites for hydroxylation is 1. The first-order valence-electron chi connectivity index (χ1n) is 8.53. The molecule has 2 fully saturated rings. The van der Waals surface area contributed by atoms with Crippen LogP contribution in [0.25, 0.3) is 0 Å². The first-order chi connectivity index (χ1) is 12.1. The molecular weight excluding hydrogens is 332 g/mol. The summed E-state index contributed by atoms with van der Waals surface area (Å²) in [5.41, 5.74) is 3.92. The molecule has 0 aromatic heterocycles. The van der Waals surface area contributed by atoms with E-state index < -0.39 is 0 Å². The van der Waals surface area contributed by atoms with Crippen LogP contribution < -0.4 is 10.2 Å². The van der Waals surface area contributed by atoms with Gasteiger partial charge >= 0.3 is 0 Å². The molecule has 1 N–H and O–H groups in total. The monoisotopic (exact) mass is 352 g/mol. The van der Waals surface area contributed by atoms with Gasteiger partial charge in [0.15, 0.2) is 0 Å². The molecule has 4 nitrogen and oxygen atoms in total. The first-order valence-corrected chi connectivity index (χ1v) is 9.58. The summed E-state index contributed by atoms with van der Waals surface area (Å²) >= 11 is 1.62. The summed E-state index contributed by atoms with van der Waals surface area (Å²) in [7, 11) is 0. The van der Waals surface area contributed by atoms with Gasteiger partial charge in [0, 0.05) is 17.3 Å². The Labute approximate surface area is 151 Å². The van der Waals surface area contributed by atoms with Crippen LogP contribution in [0.15, 0.2) is 48.5 Å². The number of nitrogens with one attached hydrogen (secondary N) is 1. The Morgan fingerprint density at radius 2 is 1.92 bits per heavy atom. The van der Waals surface area contributed by atoms with E-state index in [0.717, 1.165) is 29.8 Å². The van der Waals surface area contributed by atoms with Crippen molar-refractivity contribution in [2.45, 2.75) is 25.1 Å². The third kappa shape index (κ3) is 3.42. The van der Waals surface area contributed by atoms with Crippen molar-refractivity contribution in [2.75, 3.05) is 16.0 Å². The lowest BCUT2D eigenvalue weighted by molar-refractivity contribution is -0.117. The minimum Gasteiger partial charge on any atom is -0.326 e. The van der Waals surface area contributed by atoms with Crippen LogP contribution in [0.3, 0.4) is 0 Å². The van der Waals surface area contributed by atoms with Crippen molar-refractivity contribution in [3.05, 3.63) is 59.7 Å². The number of hydrogen-bond donors (Lipinski definition) is 1. The molecule has 2 aromatic carbocycles. The Balaban J connectivity index is 1.60. The van der Waals surface area contributed by atoms with Crippen LogP contribution in [-0.2, 0) is 9.59 Å². The number of hydrogen-bond acceptors (Lipinski definition) is 3. The Kier molecular flexibility index (Phi) is 4.25. The normalized spacial score (nSPS) is 20.0. The van der Waals surface area contributed by atoms with Crippen LogP contribution in [0.5, 0.6) is 0 Å². The summed E-state index contributed by atoms with van der Waals surface area (Å²) in [4.78, 5) is 26.3. The maximum absolute atomic E-state index is 12.4. The number of carbonyl (C=O) groups excluding carboxylic acids is 2. The summed E-state index contributed by atoms with van der Waals surface area (Å²) in [6, 6.07) is 15.9. The van der Waals surface area contributed by atoms with Gasteiger partial charge in [0.2, 0.25) is 11.8 Å². The summed E-state index contributed by atoms with van der Waals surface area (Å²) in [5.74, 6) is 0.862. The number of carbonyl (C=O) groups is 2. The third-order valence-electron chi connectivity index (χ3n) is 4.57. The van der Waals surface area contributed by atoms with E-state index in [2.05, 4.69) is 5.32 Å². The topological polar surface area (TPSA) is 49.4 Å². The smallest absolute Gasteiger partial charge is 0.238 e. The summed E-state index contributed by atoms with van der Waals surface area (Å²) in [6.07, 6.45) is 1.97. The van der Waals surface area contributed by atoms with Crippen LogP contribution in [0, 0.1) is 12.8 Å². The first kappa shape index (κ1) is 16.2. The van der Waals surface area contributed by atoms with Gasteiger partial charge in [-0.3, -0.25) is 14.5 Å². The molecule has 1 atom stereocenters.